The Balaban J connectivity index is 2.32. The lowest BCUT2D eigenvalue weighted by Crippen LogP contribution is -2.00. The van der Waals surface area contributed by atoms with E-state index in [1.54, 1.807) is 0 Å². The Labute approximate surface area is 85.8 Å². The van der Waals surface area contributed by atoms with Crippen LogP contribution in [-0.4, -0.2) is 6.54 Å². The van der Waals surface area contributed by atoms with Crippen LogP contribution in [0.5, 0.6) is 0 Å². The summed E-state index contributed by atoms with van der Waals surface area (Å²) >= 11 is 0. The summed E-state index contributed by atoms with van der Waals surface area (Å²) in [5.74, 6) is 0. The maximum absolute atomic E-state index is 5.58. The molecule has 0 spiro atoms. The molecule has 1 aromatic rings. The van der Waals surface area contributed by atoms with E-state index < -0.39 is 0 Å². The number of nitrogens with one attached hydrogen (secondary N) is 1. The zero-order valence-corrected chi connectivity index (χ0v) is 8.88. The Bertz CT molecular complexity index is 295. The van der Waals surface area contributed by atoms with Crippen LogP contribution in [0.3, 0.4) is 0 Å². The zero-order valence-electron chi connectivity index (χ0n) is 8.88. The third kappa shape index (κ3) is 3.99. The summed E-state index contributed by atoms with van der Waals surface area (Å²) < 4.78 is 0. The van der Waals surface area contributed by atoms with Crippen molar-refractivity contribution in [2.24, 2.45) is 0 Å². The second-order valence-electron chi connectivity index (χ2n) is 3.62. The van der Waals surface area contributed by atoms with E-state index in [0.29, 0.717) is 0 Å². The van der Waals surface area contributed by atoms with Crippen LogP contribution in [0.25, 0.3) is 0 Å². The van der Waals surface area contributed by atoms with Crippen LogP contribution in [-0.2, 0) is 0 Å². The molecule has 0 aliphatic heterocycles. The van der Waals surface area contributed by atoms with Crippen molar-refractivity contribution in [2.45, 2.75) is 20.3 Å². The molecule has 0 saturated heterocycles. The largest absolute Gasteiger partial charge is 0.399 e. The van der Waals surface area contributed by atoms with E-state index in [0.717, 1.165) is 24.3 Å². The Morgan fingerprint density at radius 1 is 1.29 bits per heavy atom. The van der Waals surface area contributed by atoms with E-state index in [9.17, 15) is 0 Å². The molecule has 0 unspecified atom stereocenters. The number of nitrogens with two attached hydrogens (primary N) is 1. The number of anilines is 2. The molecule has 2 nitrogen and oxygen atoms in total. The fourth-order valence-corrected chi connectivity index (χ4v) is 1.18. The average Bonchev–Trinajstić information content (AvgIpc) is 2.15. The highest BCUT2D eigenvalue weighted by Gasteiger charge is 1.89. The van der Waals surface area contributed by atoms with Crippen LogP contribution in [0.4, 0.5) is 11.4 Å². The lowest BCUT2D eigenvalue weighted by Gasteiger charge is -2.04. The minimum Gasteiger partial charge on any atom is -0.399 e. The van der Waals surface area contributed by atoms with E-state index in [2.05, 4.69) is 25.2 Å². The predicted molar refractivity (Wildman–Crippen MR) is 63.4 cm³/mol. The maximum atomic E-state index is 5.58. The predicted octanol–water partition coefficient (Wildman–Crippen LogP) is 3.04. The molecular weight excluding hydrogens is 172 g/mol. The van der Waals surface area contributed by atoms with Crippen LogP contribution in [0.2, 0.25) is 0 Å². The highest BCUT2D eigenvalue weighted by atomic mass is 14.9. The van der Waals surface area contributed by atoms with Crippen LogP contribution in [0, 0.1) is 0 Å². The summed E-state index contributed by atoms with van der Waals surface area (Å²) in [6.45, 7) is 5.20. The van der Waals surface area contributed by atoms with Crippen molar-refractivity contribution < 1.29 is 0 Å². The molecule has 14 heavy (non-hydrogen) atoms. The molecule has 0 fully saturated rings. The molecule has 0 aliphatic carbocycles. The minimum absolute atomic E-state index is 0.805. The number of nitrogen functional groups attached to an aromatic ring is 1. The molecule has 3 N–H and O–H groups in total. The third-order valence-corrected chi connectivity index (χ3v) is 1.94. The van der Waals surface area contributed by atoms with Gasteiger partial charge in [0, 0.05) is 17.9 Å². The van der Waals surface area contributed by atoms with E-state index >= 15 is 0 Å². The Kier molecular flexibility index (Phi) is 4.05. The summed E-state index contributed by atoms with van der Waals surface area (Å²) in [6, 6.07) is 7.81. The first-order chi connectivity index (χ1) is 6.68. The van der Waals surface area contributed by atoms with Gasteiger partial charge in [-0.25, -0.2) is 0 Å². The van der Waals surface area contributed by atoms with Crippen LogP contribution in [0.1, 0.15) is 20.3 Å². The van der Waals surface area contributed by atoms with Gasteiger partial charge in [-0.15, -0.1) is 0 Å². The second kappa shape index (κ2) is 5.32. The second-order valence-corrected chi connectivity index (χ2v) is 3.62. The minimum atomic E-state index is 0.805. The van der Waals surface area contributed by atoms with E-state index in [-0.39, 0.29) is 0 Å². The van der Waals surface area contributed by atoms with Gasteiger partial charge in [0.05, 0.1) is 0 Å². The molecule has 0 aromatic heterocycles. The molecule has 0 aliphatic rings. The van der Waals surface area contributed by atoms with E-state index in [1.807, 2.05) is 24.3 Å². The van der Waals surface area contributed by atoms with Gasteiger partial charge in [0.2, 0.25) is 0 Å². The third-order valence-electron chi connectivity index (χ3n) is 1.94. The molecule has 0 saturated carbocycles. The van der Waals surface area contributed by atoms with Crippen molar-refractivity contribution in [3.8, 4) is 0 Å². The first-order valence-electron chi connectivity index (χ1n) is 4.91. The highest BCUT2D eigenvalue weighted by molar-refractivity contribution is 5.51. The van der Waals surface area contributed by atoms with E-state index in [4.69, 9.17) is 5.73 Å². The highest BCUT2D eigenvalue weighted by Crippen LogP contribution is 2.10. The average molecular weight is 190 g/mol. The fraction of sp³-hybridized carbons (Fsp3) is 0.333. The SMILES string of the molecule is CC(C)=CCCNc1ccc(N)cc1. The first kappa shape index (κ1) is 10.6. The van der Waals surface area contributed by atoms with Crippen molar-refractivity contribution in [3.63, 3.8) is 0 Å². The van der Waals surface area contributed by atoms with Gasteiger partial charge in [-0.1, -0.05) is 11.6 Å². The lowest BCUT2D eigenvalue weighted by atomic mass is 10.2. The Hall–Kier alpha value is -1.44. The Morgan fingerprint density at radius 3 is 2.50 bits per heavy atom. The van der Waals surface area contributed by atoms with Crippen molar-refractivity contribution in [1.29, 1.82) is 0 Å². The summed E-state index contributed by atoms with van der Waals surface area (Å²) in [7, 11) is 0. The first-order valence-corrected chi connectivity index (χ1v) is 4.91. The molecule has 0 heterocycles. The van der Waals surface area contributed by atoms with Crippen LogP contribution in [0.15, 0.2) is 35.9 Å². The number of hydrogen-bond donors (Lipinski definition) is 2. The van der Waals surface area contributed by atoms with Gasteiger partial charge < -0.3 is 11.1 Å². The van der Waals surface area contributed by atoms with Gasteiger partial charge in [-0.3, -0.25) is 0 Å². The molecule has 0 amide bonds. The normalized spacial score (nSPS) is 9.57. The summed E-state index contributed by atoms with van der Waals surface area (Å²) in [6.07, 6.45) is 3.29. The number of allylic oxidation sites excluding steroid dienone is 1. The smallest absolute Gasteiger partial charge is 0.0341 e. The molecular formula is C12H18N2. The monoisotopic (exact) mass is 190 g/mol. The van der Waals surface area contributed by atoms with Crippen molar-refractivity contribution in [1.82, 2.24) is 0 Å². The van der Waals surface area contributed by atoms with Gasteiger partial charge >= 0.3 is 0 Å². The fourth-order valence-electron chi connectivity index (χ4n) is 1.18. The standard InChI is InChI=1S/C12H18N2/c1-10(2)4-3-9-14-12-7-5-11(13)6-8-12/h4-8,14H,3,9,13H2,1-2H3. The molecule has 0 bridgehead atoms. The van der Waals surface area contributed by atoms with E-state index in [1.165, 1.54) is 5.57 Å². The quantitative estimate of drug-likeness (QED) is 0.435. The molecule has 0 radical (unpaired) electrons. The van der Waals surface area contributed by atoms with Crippen LogP contribution >= 0.6 is 0 Å². The van der Waals surface area contributed by atoms with Gasteiger partial charge in [0.15, 0.2) is 0 Å². The van der Waals surface area contributed by atoms with Gasteiger partial charge in [0.25, 0.3) is 0 Å². The van der Waals surface area contributed by atoms with Crippen LogP contribution < -0.4 is 11.1 Å². The Morgan fingerprint density at radius 2 is 1.93 bits per heavy atom. The summed E-state index contributed by atoms with van der Waals surface area (Å²) in [5, 5.41) is 3.33. The van der Waals surface area contributed by atoms with Gasteiger partial charge in [-0.05, 0) is 44.5 Å². The zero-order chi connectivity index (χ0) is 10.4. The number of hydrogen-bond acceptors (Lipinski definition) is 2. The molecule has 2 heteroatoms. The van der Waals surface area contributed by atoms with Gasteiger partial charge in [0.1, 0.15) is 0 Å². The summed E-state index contributed by atoms with van der Waals surface area (Å²) in [4.78, 5) is 0. The number of benzene rings is 1. The van der Waals surface area contributed by atoms with Crippen molar-refractivity contribution in [2.75, 3.05) is 17.6 Å². The maximum Gasteiger partial charge on any atom is 0.0341 e. The molecule has 1 rings (SSSR count). The molecule has 76 valence electrons. The molecule has 0 atom stereocenters. The topological polar surface area (TPSA) is 38.0 Å². The summed E-state index contributed by atoms with van der Waals surface area (Å²) in [5.41, 5.74) is 8.88. The lowest BCUT2D eigenvalue weighted by molar-refractivity contribution is 1.05. The van der Waals surface area contributed by atoms with Gasteiger partial charge in [-0.2, -0.15) is 0 Å². The number of rotatable bonds is 4. The van der Waals surface area contributed by atoms with Crippen molar-refractivity contribution in [3.05, 3.63) is 35.9 Å². The van der Waals surface area contributed by atoms with Crippen molar-refractivity contribution >= 4 is 11.4 Å². The molecule has 1 aromatic carbocycles.